The molecule has 3 aliphatic carbocycles. The Hall–Kier alpha value is -3.12. The fourth-order valence-electron chi connectivity index (χ4n) is 9.09. The highest BCUT2D eigenvalue weighted by Gasteiger charge is 2.59. The Morgan fingerprint density at radius 1 is 0.950 bits per heavy atom. The zero-order chi connectivity index (χ0) is 29.4. The molecule has 0 N–H and O–H groups in total. The Morgan fingerprint density at radius 2 is 1.60 bits per heavy atom. The predicted molar refractivity (Wildman–Crippen MR) is 176 cm³/mol. The topological polar surface area (TPSA) is 0 Å². The van der Waals surface area contributed by atoms with E-state index in [1.165, 1.54) is 66.8 Å². The second-order valence-electron chi connectivity index (χ2n) is 14.1. The van der Waals surface area contributed by atoms with E-state index in [1.54, 1.807) is 0 Å². The Kier molecular flexibility index (Phi) is 6.73. The van der Waals surface area contributed by atoms with Gasteiger partial charge in [0.15, 0.2) is 0 Å². The van der Waals surface area contributed by atoms with E-state index in [1.807, 2.05) is 0 Å². The van der Waals surface area contributed by atoms with E-state index in [4.69, 9.17) is 13.2 Å². The molecular formula is C40H48. The molecule has 0 amide bonds. The van der Waals surface area contributed by atoms with Gasteiger partial charge in [-0.1, -0.05) is 120 Å². The molecule has 0 spiro atoms. The summed E-state index contributed by atoms with van der Waals surface area (Å²) in [5, 5.41) is 0. The Bertz CT molecular complexity index is 1550. The van der Waals surface area contributed by atoms with Crippen molar-refractivity contribution in [1.29, 1.82) is 0 Å². The summed E-state index contributed by atoms with van der Waals surface area (Å²) >= 11 is 0. The van der Waals surface area contributed by atoms with Crippen LogP contribution in [-0.2, 0) is 6.42 Å². The number of hydrogen-bond acceptors (Lipinski definition) is 0. The Morgan fingerprint density at radius 3 is 2.20 bits per heavy atom. The maximum atomic E-state index is 4.90. The Labute approximate surface area is 244 Å². The van der Waals surface area contributed by atoms with Gasteiger partial charge in [0, 0.05) is 5.41 Å². The van der Waals surface area contributed by atoms with Crippen LogP contribution in [-0.4, -0.2) is 0 Å². The van der Waals surface area contributed by atoms with E-state index in [2.05, 4.69) is 117 Å². The lowest BCUT2D eigenvalue weighted by atomic mass is 9.41. The summed E-state index contributed by atoms with van der Waals surface area (Å²) in [4.78, 5) is 0. The third kappa shape index (κ3) is 3.93. The molecule has 0 heteroatoms. The molecule has 0 unspecified atom stereocenters. The predicted octanol–water partition coefficient (Wildman–Crippen LogP) is 11.4. The molecule has 2 aromatic carbocycles. The van der Waals surface area contributed by atoms with E-state index < -0.39 is 0 Å². The minimum atomic E-state index is -0.129. The molecular weight excluding hydrogens is 480 g/mol. The third-order valence-corrected chi connectivity index (χ3v) is 10.9. The van der Waals surface area contributed by atoms with Crippen molar-refractivity contribution < 1.29 is 0 Å². The van der Waals surface area contributed by atoms with Gasteiger partial charge >= 0.3 is 0 Å². The smallest absolute Gasteiger partial charge is 0.0194 e. The molecule has 0 aromatic heterocycles. The van der Waals surface area contributed by atoms with Gasteiger partial charge in [-0.3, -0.25) is 0 Å². The van der Waals surface area contributed by atoms with E-state index in [0.29, 0.717) is 5.92 Å². The van der Waals surface area contributed by atoms with Gasteiger partial charge in [-0.25, -0.2) is 0 Å². The molecule has 0 heterocycles. The molecule has 0 saturated carbocycles. The van der Waals surface area contributed by atoms with Gasteiger partial charge in [-0.15, -0.1) is 0 Å². The first-order valence-corrected chi connectivity index (χ1v) is 15.0. The van der Waals surface area contributed by atoms with E-state index in [0.717, 1.165) is 24.8 Å². The summed E-state index contributed by atoms with van der Waals surface area (Å²) in [6.07, 6.45) is 7.83. The molecule has 0 fully saturated rings. The van der Waals surface area contributed by atoms with Gasteiger partial charge in [0.05, 0.1) is 0 Å². The van der Waals surface area contributed by atoms with Crippen LogP contribution in [0.3, 0.4) is 0 Å². The quantitative estimate of drug-likeness (QED) is 0.346. The van der Waals surface area contributed by atoms with Crippen LogP contribution < -0.4 is 0 Å². The summed E-state index contributed by atoms with van der Waals surface area (Å²) in [6, 6.07) is 13.1. The second kappa shape index (κ2) is 9.47. The second-order valence-corrected chi connectivity index (χ2v) is 14.1. The van der Waals surface area contributed by atoms with Gasteiger partial charge in [-0.05, 0) is 119 Å². The van der Waals surface area contributed by atoms with Crippen LogP contribution in [0.5, 0.6) is 0 Å². The zero-order valence-corrected chi connectivity index (χ0v) is 26.4. The monoisotopic (exact) mass is 528 g/mol. The average molecular weight is 529 g/mol. The molecule has 40 heavy (non-hydrogen) atoms. The summed E-state index contributed by atoms with van der Waals surface area (Å²) < 4.78 is 0. The molecule has 0 nitrogen and oxygen atoms in total. The molecule has 208 valence electrons. The van der Waals surface area contributed by atoms with Gasteiger partial charge in [-0.2, -0.15) is 0 Å². The number of hydrogen-bond donors (Lipinski definition) is 0. The van der Waals surface area contributed by atoms with Gasteiger partial charge in [0.1, 0.15) is 0 Å². The van der Waals surface area contributed by atoms with Crippen LogP contribution >= 0.6 is 0 Å². The third-order valence-electron chi connectivity index (χ3n) is 10.9. The van der Waals surface area contributed by atoms with Crippen molar-refractivity contribution in [3.63, 3.8) is 0 Å². The molecule has 3 atom stereocenters. The van der Waals surface area contributed by atoms with Gasteiger partial charge in [0.25, 0.3) is 0 Å². The summed E-state index contributed by atoms with van der Waals surface area (Å²) in [5.41, 5.74) is 17.6. The molecule has 0 bridgehead atoms. The minimum absolute atomic E-state index is 0.0428. The van der Waals surface area contributed by atoms with Crippen LogP contribution in [0.15, 0.2) is 89.6 Å². The summed E-state index contributed by atoms with van der Waals surface area (Å²) in [5.74, 6) is 0.448. The van der Waals surface area contributed by atoms with Crippen LogP contribution in [0.2, 0.25) is 0 Å². The fourth-order valence-corrected chi connectivity index (χ4v) is 9.09. The van der Waals surface area contributed by atoms with Crippen molar-refractivity contribution >= 4 is 17.7 Å². The zero-order valence-electron chi connectivity index (χ0n) is 26.4. The lowest BCUT2D eigenvalue weighted by Crippen LogP contribution is -2.52. The van der Waals surface area contributed by atoms with Gasteiger partial charge < -0.3 is 0 Å². The van der Waals surface area contributed by atoms with Crippen LogP contribution in [0, 0.1) is 23.2 Å². The lowest BCUT2D eigenvalue weighted by Gasteiger charge is -2.62. The average Bonchev–Trinajstić information content (AvgIpc) is 2.85. The van der Waals surface area contributed by atoms with E-state index in [9.17, 15) is 0 Å². The maximum absolute atomic E-state index is 4.90. The first kappa shape index (κ1) is 28.4. The van der Waals surface area contributed by atoms with Crippen molar-refractivity contribution in [2.45, 2.75) is 87.5 Å². The molecule has 0 aliphatic heterocycles. The highest BCUT2D eigenvalue weighted by atomic mass is 14.6. The van der Waals surface area contributed by atoms with Crippen LogP contribution in [0.1, 0.15) is 108 Å². The largest absolute Gasteiger partial charge is 0.0955 e. The molecule has 0 saturated heterocycles. The minimum Gasteiger partial charge on any atom is -0.0955 e. The highest BCUT2D eigenvalue weighted by molar-refractivity contribution is 5.89. The first-order valence-electron chi connectivity index (χ1n) is 15.0. The van der Waals surface area contributed by atoms with Gasteiger partial charge in [0.2, 0.25) is 0 Å². The lowest BCUT2D eigenvalue weighted by molar-refractivity contribution is 0.0543. The normalized spacial score (nSPS) is 28.2. The molecule has 5 rings (SSSR count). The fraction of sp³-hybridized carbons (Fsp3) is 0.400. The van der Waals surface area contributed by atoms with Crippen molar-refractivity contribution in [2.75, 3.05) is 0 Å². The Balaban J connectivity index is 1.74. The molecule has 0 radical (unpaired) electrons. The number of allylic oxidation sites excluding steroid dienone is 7. The van der Waals surface area contributed by atoms with E-state index in [-0.39, 0.29) is 16.2 Å². The number of fused-ring (bicyclic) bond motifs is 3. The highest BCUT2D eigenvalue weighted by Crippen LogP contribution is 2.70. The maximum Gasteiger partial charge on any atom is 0.0194 e. The van der Waals surface area contributed by atoms with E-state index >= 15 is 0 Å². The van der Waals surface area contributed by atoms with Crippen molar-refractivity contribution in [3.8, 4) is 0 Å². The number of benzene rings is 2. The standard InChI is InChI=1S/C40H48/c1-24(2)33-20-32(19-18-31-16-14-13-15-17-31)27(6)36-28(7)37-30(9)40(12)29(8)35(25(3)4)26(5)21-39(40,11)23-38(37,10)22-34(33)36/h13-20,24H,3,7-8,21-23H2,1-2,4-6,9-12H3/b19-18+/t38-,39+,40-/m1/s1. The summed E-state index contributed by atoms with van der Waals surface area (Å²) in [6.45, 7) is 35.4. The molecule has 3 aliphatic rings. The van der Waals surface area contributed by atoms with Crippen molar-refractivity contribution in [1.82, 2.24) is 0 Å². The van der Waals surface area contributed by atoms with Crippen molar-refractivity contribution in [3.05, 3.63) is 123 Å². The SMILES string of the molecule is C=C(C)C1=C(C)C[C@@]2(C)C[C@@]3(C)Cc4c(C(C)C)cc(/C=C/c5ccccc5)c(C)c4C(=C)C3=C(C)[C@@]2(C)C1=C. The van der Waals surface area contributed by atoms with Crippen molar-refractivity contribution in [2.24, 2.45) is 16.2 Å². The molecule has 2 aromatic rings. The first-order chi connectivity index (χ1) is 18.7. The van der Waals surface area contributed by atoms with Crippen LogP contribution in [0.25, 0.3) is 17.7 Å². The summed E-state index contributed by atoms with van der Waals surface area (Å²) in [7, 11) is 0. The van der Waals surface area contributed by atoms with Crippen LogP contribution in [0.4, 0.5) is 0 Å². The number of rotatable bonds is 4.